The Hall–Kier alpha value is -2.29. The molecule has 0 spiro atoms. The zero-order valence-corrected chi connectivity index (χ0v) is 10.9. The Morgan fingerprint density at radius 2 is 2.30 bits per heavy atom. The van der Waals surface area contributed by atoms with Crippen LogP contribution in [0.25, 0.3) is 0 Å². The number of ether oxygens (including phenoxy) is 1. The number of rotatable bonds is 6. The molecule has 0 radical (unpaired) electrons. The third kappa shape index (κ3) is 3.18. The maximum absolute atomic E-state index is 12.5. The van der Waals surface area contributed by atoms with E-state index in [4.69, 9.17) is 9.94 Å². The molecule has 9 heteroatoms. The van der Waals surface area contributed by atoms with E-state index in [1.807, 2.05) is 0 Å². The number of hydrogen-bond donors (Lipinski definition) is 1. The van der Waals surface area contributed by atoms with Gasteiger partial charge in [-0.05, 0) is 6.07 Å². The van der Waals surface area contributed by atoms with Gasteiger partial charge in [0.2, 0.25) is 5.88 Å². The van der Waals surface area contributed by atoms with Crippen LogP contribution >= 0.6 is 11.8 Å². The van der Waals surface area contributed by atoms with E-state index in [-0.39, 0.29) is 23.7 Å². The monoisotopic (exact) mass is 299 g/mol. The number of halogens is 1. The van der Waals surface area contributed by atoms with Gasteiger partial charge >= 0.3 is 0 Å². The van der Waals surface area contributed by atoms with E-state index in [2.05, 4.69) is 5.10 Å². The van der Waals surface area contributed by atoms with E-state index in [1.54, 1.807) is 6.07 Å². The minimum atomic E-state index is -0.695. The summed E-state index contributed by atoms with van der Waals surface area (Å²) < 4.78 is 17.7. The molecule has 7 nitrogen and oxygen atoms in total. The molecule has 2 aromatic rings. The zero-order chi connectivity index (χ0) is 14.5. The molecule has 0 aliphatic heterocycles. The van der Waals surface area contributed by atoms with Crippen molar-refractivity contribution in [1.82, 2.24) is 9.94 Å². The summed E-state index contributed by atoms with van der Waals surface area (Å²) in [6.45, 7) is -0.142. The topological polar surface area (TPSA) is 90.4 Å². The summed E-state index contributed by atoms with van der Waals surface area (Å²) in [4.78, 5) is 11.4. The fraction of sp³-hybridized carbons (Fsp3) is 0.182. The van der Waals surface area contributed by atoms with Crippen LogP contribution in [0.3, 0.4) is 0 Å². The molecule has 1 aromatic heterocycles. The van der Waals surface area contributed by atoms with Crippen LogP contribution in [0.5, 0.6) is 5.88 Å². The molecule has 20 heavy (non-hydrogen) atoms. The van der Waals surface area contributed by atoms with Gasteiger partial charge < -0.3 is 9.94 Å². The maximum atomic E-state index is 12.5. The lowest BCUT2D eigenvalue weighted by Gasteiger charge is -2.08. The third-order valence-electron chi connectivity index (χ3n) is 2.43. The third-order valence-corrected chi connectivity index (χ3v) is 3.23. The fourth-order valence-corrected chi connectivity index (χ4v) is 2.22. The molecule has 0 fully saturated rings. The number of hydrogen-bond acceptors (Lipinski definition) is 6. The van der Waals surface area contributed by atoms with E-state index >= 15 is 0 Å². The van der Waals surface area contributed by atoms with Crippen LogP contribution in [0.15, 0.2) is 35.4 Å². The first-order chi connectivity index (χ1) is 9.61. The van der Waals surface area contributed by atoms with Crippen LogP contribution in [0, 0.1) is 10.1 Å². The number of aromatic nitrogens is 2. The zero-order valence-electron chi connectivity index (χ0n) is 10.1. The molecule has 1 heterocycles. The van der Waals surface area contributed by atoms with E-state index < -0.39 is 10.9 Å². The summed E-state index contributed by atoms with van der Waals surface area (Å²) in [6, 6.07) is 5.10. The Labute approximate surface area is 117 Å². The highest BCUT2D eigenvalue weighted by molar-refractivity contribution is 7.99. The van der Waals surface area contributed by atoms with Crippen molar-refractivity contribution < 1.29 is 19.3 Å². The molecule has 0 atom stereocenters. The Morgan fingerprint density at radius 3 is 2.90 bits per heavy atom. The van der Waals surface area contributed by atoms with E-state index in [9.17, 15) is 14.5 Å². The molecule has 0 aliphatic carbocycles. The van der Waals surface area contributed by atoms with Gasteiger partial charge in [0.25, 0.3) is 5.69 Å². The maximum Gasteiger partial charge on any atom is 0.277 e. The highest BCUT2D eigenvalue weighted by Gasteiger charge is 2.18. The molecule has 2 rings (SSSR count). The van der Waals surface area contributed by atoms with Gasteiger partial charge in [0.05, 0.1) is 16.7 Å². The predicted octanol–water partition coefficient (Wildman–Crippen LogP) is 2.63. The van der Waals surface area contributed by atoms with Crippen molar-refractivity contribution in [3.8, 4) is 5.88 Å². The van der Waals surface area contributed by atoms with E-state index in [0.29, 0.717) is 9.74 Å². The molecular formula is C11H10FN3O4S. The van der Waals surface area contributed by atoms with Crippen molar-refractivity contribution in [2.24, 2.45) is 0 Å². The number of benzene rings is 1. The number of nitro groups is 1. The lowest BCUT2D eigenvalue weighted by molar-refractivity contribution is -0.386. The quantitative estimate of drug-likeness (QED) is 0.381. The van der Waals surface area contributed by atoms with Gasteiger partial charge in [-0.15, -0.1) is 4.85 Å². The van der Waals surface area contributed by atoms with Crippen molar-refractivity contribution in [3.63, 3.8) is 0 Å². The van der Waals surface area contributed by atoms with Gasteiger partial charge in [0, 0.05) is 17.0 Å². The second-order valence-electron chi connectivity index (χ2n) is 3.63. The lowest BCUT2D eigenvalue weighted by atomic mass is 10.2. The largest absolute Gasteiger partial charge is 0.471 e. The minimum absolute atomic E-state index is 0.113. The SMILES string of the molecule is O=[N+]([O-])c1cccc(SCF)c1COc1ccn(O)n1. The Balaban J connectivity index is 2.25. The first-order valence-electron chi connectivity index (χ1n) is 5.44. The smallest absolute Gasteiger partial charge is 0.277 e. The summed E-state index contributed by atoms with van der Waals surface area (Å²) in [6.07, 6.45) is 1.26. The van der Waals surface area contributed by atoms with Gasteiger partial charge in [-0.2, -0.15) is 0 Å². The number of nitrogens with zero attached hydrogens (tertiary/aromatic N) is 3. The van der Waals surface area contributed by atoms with Crippen LogP contribution in [0.1, 0.15) is 5.56 Å². The normalized spacial score (nSPS) is 10.4. The number of thioether (sulfide) groups is 1. The first kappa shape index (κ1) is 14.1. The van der Waals surface area contributed by atoms with Crippen molar-refractivity contribution in [3.05, 3.63) is 46.1 Å². The van der Waals surface area contributed by atoms with Crippen molar-refractivity contribution >= 4 is 17.4 Å². The molecule has 0 saturated carbocycles. The van der Waals surface area contributed by atoms with Crippen LogP contribution in [0.2, 0.25) is 0 Å². The predicted molar refractivity (Wildman–Crippen MR) is 68.7 cm³/mol. The van der Waals surface area contributed by atoms with Gasteiger partial charge in [-0.3, -0.25) is 10.1 Å². The second kappa shape index (κ2) is 6.24. The molecule has 1 N–H and O–H groups in total. The average molecular weight is 299 g/mol. The minimum Gasteiger partial charge on any atom is -0.471 e. The Kier molecular flexibility index (Phi) is 4.41. The summed E-state index contributed by atoms with van der Waals surface area (Å²) in [5, 5.41) is 23.6. The van der Waals surface area contributed by atoms with Gasteiger partial charge in [-0.25, -0.2) is 4.39 Å². The molecule has 0 bridgehead atoms. The summed E-state index contributed by atoms with van der Waals surface area (Å²) in [5.41, 5.74) is 0.125. The fourth-order valence-electron chi connectivity index (χ4n) is 1.59. The van der Waals surface area contributed by atoms with Crippen molar-refractivity contribution in [1.29, 1.82) is 0 Å². The summed E-state index contributed by atoms with van der Waals surface area (Å²) in [5.74, 6) is 0.113. The molecule has 0 saturated heterocycles. The van der Waals surface area contributed by atoms with Gasteiger partial charge in [0.1, 0.15) is 12.6 Å². The van der Waals surface area contributed by atoms with Crippen LogP contribution in [-0.4, -0.2) is 26.1 Å². The lowest BCUT2D eigenvalue weighted by Crippen LogP contribution is -2.03. The van der Waals surface area contributed by atoms with Gasteiger partial charge in [-0.1, -0.05) is 22.9 Å². The van der Waals surface area contributed by atoms with E-state index in [0.717, 1.165) is 11.8 Å². The molecule has 106 valence electrons. The highest BCUT2D eigenvalue weighted by Crippen LogP contribution is 2.31. The van der Waals surface area contributed by atoms with E-state index in [1.165, 1.54) is 24.4 Å². The van der Waals surface area contributed by atoms with Crippen molar-refractivity contribution in [2.45, 2.75) is 11.5 Å². The molecule has 0 amide bonds. The first-order valence-corrected chi connectivity index (χ1v) is 6.43. The molecule has 1 aromatic carbocycles. The number of alkyl halides is 1. The molecular weight excluding hydrogens is 289 g/mol. The summed E-state index contributed by atoms with van der Waals surface area (Å²) in [7, 11) is 0. The van der Waals surface area contributed by atoms with Crippen molar-refractivity contribution in [2.75, 3.05) is 6.01 Å². The van der Waals surface area contributed by atoms with Gasteiger partial charge in [0.15, 0.2) is 0 Å². The summed E-state index contributed by atoms with van der Waals surface area (Å²) >= 11 is 0.848. The Morgan fingerprint density at radius 1 is 1.50 bits per heavy atom. The molecule has 0 unspecified atom stereocenters. The average Bonchev–Trinajstić information content (AvgIpc) is 2.83. The van der Waals surface area contributed by atoms with Crippen LogP contribution < -0.4 is 4.74 Å². The second-order valence-corrected chi connectivity index (χ2v) is 4.57. The van der Waals surface area contributed by atoms with Crippen LogP contribution in [0.4, 0.5) is 10.1 Å². The highest BCUT2D eigenvalue weighted by atomic mass is 32.2. The molecule has 0 aliphatic rings. The number of nitro benzene ring substituents is 1. The standard InChI is InChI=1S/C11H10FN3O4S/c12-7-20-10-3-1-2-9(15(17)18)8(10)6-19-11-4-5-14(16)13-11/h1-5,16H,6-7H2. The van der Waals surface area contributed by atoms with Crippen LogP contribution in [-0.2, 0) is 6.61 Å². The Bertz CT molecular complexity index is 619.